The SMILES string of the molecule is I.NC(=NCc1cccc(C(F)(F)F)c1)Nc1ccc2c(c1)CCC2. The molecule has 0 aromatic heterocycles. The van der Waals surface area contributed by atoms with Crippen LogP contribution in [0.5, 0.6) is 0 Å². The lowest BCUT2D eigenvalue weighted by molar-refractivity contribution is -0.137. The van der Waals surface area contributed by atoms with Crippen molar-refractivity contribution in [3.8, 4) is 0 Å². The molecule has 2 aromatic rings. The minimum atomic E-state index is -4.35. The molecule has 0 unspecified atom stereocenters. The summed E-state index contributed by atoms with van der Waals surface area (Å²) in [6, 6.07) is 11.2. The predicted octanol–water partition coefficient (Wildman–Crippen LogP) is 4.74. The molecule has 0 fully saturated rings. The minimum absolute atomic E-state index is 0. The van der Waals surface area contributed by atoms with E-state index in [0.717, 1.165) is 37.1 Å². The van der Waals surface area contributed by atoms with Gasteiger partial charge >= 0.3 is 6.18 Å². The monoisotopic (exact) mass is 461 g/mol. The summed E-state index contributed by atoms with van der Waals surface area (Å²) >= 11 is 0. The first-order chi connectivity index (χ1) is 11.4. The molecule has 3 rings (SSSR count). The number of hydrogen-bond acceptors (Lipinski definition) is 1. The molecule has 1 aliphatic rings. The van der Waals surface area contributed by atoms with Crippen LogP contribution in [-0.2, 0) is 25.6 Å². The zero-order valence-electron chi connectivity index (χ0n) is 13.4. The molecule has 0 atom stereocenters. The van der Waals surface area contributed by atoms with Crippen molar-refractivity contribution in [2.45, 2.75) is 32.0 Å². The molecular weight excluding hydrogens is 442 g/mol. The maximum Gasteiger partial charge on any atom is 0.416 e. The van der Waals surface area contributed by atoms with Crippen LogP contribution >= 0.6 is 24.0 Å². The van der Waals surface area contributed by atoms with E-state index in [-0.39, 0.29) is 36.5 Å². The third-order valence-electron chi connectivity index (χ3n) is 4.06. The van der Waals surface area contributed by atoms with E-state index in [9.17, 15) is 13.2 Å². The van der Waals surface area contributed by atoms with E-state index in [4.69, 9.17) is 5.73 Å². The lowest BCUT2D eigenvalue weighted by atomic mass is 10.1. The van der Waals surface area contributed by atoms with Gasteiger partial charge in [-0.1, -0.05) is 18.2 Å². The summed E-state index contributed by atoms with van der Waals surface area (Å²) in [6.07, 6.45) is -1.02. The molecule has 0 amide bonds. The van der Waals surface area contributed by atoms with Gasteiger partial charge in [0.2, 0.25) is 0 Å². The Labute approximate surface area is 161 Å². The molecule has 2 aromatic carbocycles. The Balaban J connectivity index is 0.00000225. The largest absolute Gasteiger partial charge is 0.416 e. The molecular formula is C18H19F3IN3. The van der Waals surface area contributed by atoms with Crippen LogP contribution < -0.4 is 11.1 Å². The number of hydrogen-bond donors (Lipinski definition) is 2. The molecule has 0 saturated heterocycles. The van der Waals surface area contributed by atoms with E-state index in [2.05, 4.69) is 22.4 Å². The number of rotatable bonds is 3. The number of aliphatic imine (C=N–C) groups is 1. The maximum atomic E-state index is 12.7. The van der Waals surface area contributed by atoms with Gasteiger partial charge in [0.1, 0.15) is 0 Å². The standard InChI is InChI=1S/C18H18F3N3.HI/c19-18(20,21)15-6-1-3-12(9-15)11-23-17(22)24-16-8-7-13-4-2-5-14(13)10-16;/h1,3,6-10H,2,4-5,11H2,(H3,22,23,24);1H. The van der Waals surface area contributed by atoms with Gasteiger partial charge in [0.15, 0.2) is 5.96 Å². The van der Waals surface area contributed by atoms with Crippen LogP contribution in [0, 0.1) is 0 Å². The maximum absolute atomic E-state index is 12.7. The van der Waals surface area contributed by atoms with E-state index < -0.39 is 11.7 Å². The summed E-state index contributed by atoms with van der Waals surface area (Å²) in [5.74, 6) is 0.186. The third-order valence-corrected chi connectivity index (χ3v) is 4.06. The van der Waals surface area contributed by atoms with E-state index in [1.807, 2.05) is 6.07 Å². The first-order valence-corrected chi connectivity index (χ1v) is 7.77. The lowest BCUT2D eigenvalue weighted by Gasteiger charge is -2.09. The molecule has 3 N–H and O–H groups in total. The van der Waals surface area contributed by atoms with Crippen molar-refractivity contribution in [3.05, 3.63) is 64.7 Å². The zero-order chi connectivity index (χ0) is 17.2. The van der Waals surface area contributed by atoms with Crippen molar-refractivity contribution in [1.82, 2.24) is 0 Å². The van der Waals surface area contributed by atoms with Gasteiger partial charge in [0.05, 0.1) is 12.1 Å². The molecule has 134 valence electrons. The van der Waals surface area contributed by atoms with Gasteiger partial charge in [0.25, 0.3) is 0 Å². The van der Waals surface area contributed by atoms with Crippen molar-refractivity contribution in [1.29, 1.82) is 0 Å². The fraction of sp³-hybridized carbons (Fsp3) is 0.278. The van der Waals surface area contributed by atoms with Gasteiger partial charge < -0.3 is 11.1 Å². The Hall–Kier alpha value is -1.77. The molecule has 0 heterocycles. The van der Waals surface area contributed by atoms with Gasteiger partial charge in [-0.25, -0.2) is 4.99 Å². The summed E-state index contributed by atoms with van der Waals surface area (Å²) in [7, 11) is 0. The molecule has 25 heavy (non-hydrogen) atoms. The Morgan fingerprint density at radius 3 is 2.60 bits per heavy atom. The second-order valence-electron chi connectivity index (χ2n) is 5.86. The lowest BCUT2D eigenvalue weighted by Crippen LogP contribution is -2.22. The Kier molecular flexibility index (Phi) is 6.31. The third kappa shape index (κ3) is 5.10. The van der Waals surface area contributed by atoms with Crippen LogP contribution in [0.4, 0.5) is 18.9 Å². The molecule has 0 saturated carbocycles. The number of fused-ring (bicyclic) bond motifs is 1. The van der Waals surface area contributed by atoms with Gasteiger partial charge in [-0.05, 0) is 60.2 Å². The number of nitrogens with two attached hydrogens (primary N) is 1. The van der Waals surface area contributed by atoms with E-state index >= 15 is 0 Å². The molecule has 0 radical (unpaired) electrons. The van der Waals surface area contributed by atoms with Gasteiger partial charge in [-0.2, -0.15) is 13.2 Å². The van der Waals surface area contributed by atoms with Crippen LogP contribution in [0.3, 0.4) is 0 Å². The van der Waals surface area contributed by atoms with E-state index in [1.165, 1.54) is 17.2 Å². The molecule has 1 aliphatic carbocycles. The van der Waals surface area contributed by atoms with Crippen LogP contribution in [-0.4, -0.2) is 5.96 Å². The Bertz CT molecular complexity index is 772. The number of halogens is 4. The summed E-state index contributed by atoms with van der Waals surface area (Å²) in [5, 5.41) is 2.99. The fourth-order valence-corrected chi connectivity index (χ4v) is 2.86. The highest BCUT2D eigenvalue weighted by Gasteiger charge is 2.30. The van der Waals surface area contributed by atoms with E-state index in [0.29, 0.717) is 5.56 Å². The highest BCUT2D eigenvalue weighted by Crippen LogP contribution is 2.29. The number of nitrogens with zero attached hydrogens (tertiary/aromatic N) is 1. The Morgan fingerprint density at radius 1 is 1.08 bits per heavy atom. The molecule has 0 spiro atoms. The van der Waals surface area contributed by atoms with Crippen LogP contribution in [0.2, 0.25) is 0 Å². The number of benzene rings is 2. The zero-order valence-corrected chi connectivity index (χ0v) is 15.8. The van der Waals surface area contributed by atoms with Crippen LogP contribution in [0.15, 0.2) is 47.5 Å². The summed E-state index contributed by atoms with van der Waals surface area (Å²) in [5.41, 5.74) is 9.14. The first-order valence-electron chi connectivity index (χ1n) is 7.77. The van der Waals surface area contributed by atoms with Crippen LogP contribution in [0.1, 0.15) is 28.7 Å². The second kappa shape index (κ2) is 8.07. The fourth-order valence-electron chi connectivity index (χ4n) is 2.86. The number of guanidine groups is 1. The number of anilines is 1. The average molecular weight is 461 g/mol. The van der Waals surface area contributed by atoms with Crippen molar-refractivity contribution in [3.63, 3.8) is 0 Å². The average Bonchev–Trinajstić information content (AvgIpc) is 3.00. The first kappa shape index (κ1) is 19.6. The van der Waals surface area contributed by atoms with Crippen molar-refractivity contribution in [2.75, 3.05) is 5.32 Å². The van der Waals surface area contributed by atoms with Gasteiger partial charge in [0, 0.05) is 5.69 Å². The van der Waals surface area contributed by atoms with Crippen molar-refractivity contribution >= 4 is 35.6 Å². The quantitative estimate of drug-likeness (QED) is 0.394. The predicted molar refractivity (Wildman–Crippen MR) is 104 cm³/mol. The summed E-state index contributed by atoms with van der Waals surface area (Å²) in [4.78, 5) is 4.12. The Morgan fingerprint density at radius 2 is 1.84 bits per heavy atom. The second-order valence-corrected chi connectivity index (χ2v) is 5.86. The molecule has 0 aliphatic heterocycles. The van der Waals surface area contributed by atoms with Crippen molar-refractivity contribution < 1.29 is 13.2 Å². The van der Waals surface area contributed by atoms with E-state index in [1.54, 1.807) is 6.07 Å². The van der Waals surface area contributed by atoms with Gasteiger partial charge in [-0.3, -0.25) is 0 Å². The molecule has 7 heteroatoms. The molecule has 0 bridgehead atoms. The summed E-state index contributed by atoms with van der Waals surface area (Å²) in [6.45, 7) is 0.0910. The highest BCUT2D eigenvalue weighted by atomic mass is 127. The normalized spacial score (nSPS) is 14.0. The van der Waals surface area contributed by atoms with Crippen molar-refractivity contribution in [2.24, 2.45) is 10.7 Å². The van der Waals surface area contributed by atoms with Gasteiger partial charge in [-0.15, -0.1) is 24.0 Å². The molecule has 3 nitrogen and oxygen atoms in total. The number of nitrogens with one attached hydrogen (secondary N) is 1. The smallest absolute Gasteiger partial charge is 0.370 e. The number of aryl methyl sites for hydroxylation is 2. The minimum Gasteiger partial charge on any atom is -0.370 e. The topological polar surface area (TPSA) is 50.4 Å². The highest BCUT2D eigenvalue weighted by molar-refractivity contribution is 14.0. The number of alkyl halides is 3. The summed E-state index contributed by atoms with van der Waals surface area (Å²) < 4.78 is 38.1. The van der Waals surface area contributed by atoms with Crippen LogP contribution in [0.25, 0.3) is 0 Å².